The highest BCUT2D eigenvalue weighted by molar-refractivity contribution is 5.90. The maximum atomic E-state index is 13.3. The van der Waals surface area contributed by atoms with Crippen LogP contribution in [0.4, 0.5) is 0 Å². The lowest BCUT2D eigenvalue weighted by atomic mass is 9.43. The lowest BCUT2D eigenvalue weighted by Crippen LogP contribution is -2.67. The molecule has 7 heteroatoms. The minimum atomic E-state index is -0.643. The van der Waals surface area contributed by atoms with Crippen LogP contribution < -0.4 is 0 Å². The Kier molecular flexibility index (Phi) is 7.00. The summed E-state index contributed by atoms with van der Waals surface area (Å²) in [6.07, 6.45) is 4.79. The van der Waals surface area contributed by atoms with Crippen LogP contribution >= 0.6 is 0 Å². The van der Waals surface area contributed by atoms with E-state index in [1.807, 2.05) is 36.4 Å². The van der Waals surface area contributed by atoms with Crippen LogP contribution in [0.25, 0.3) is 0 Å². The third kappa shape index (κ3) is 4.57. The molecular formula is C34H40O7. The maximum absolute atomic E-state index is 13.3. The molecule has 7 atom stereocenters. The number of rotatable bonds is 5. The van der Waals surface area contributed by atoms with Gasteiger partial charge in [-0.15, -0.1) is 0 Å². The summed E-state index contributed by atoms with van der Waals surface area (Å²) in [5, 5.41) is 0. The van der Waals surface area contributed by atoms with Crippen LogP contribution in [0.15, 0.2) is 60.7 Å². The van der Waals surface area contributed by atoms with Gasteiger partial charge >= 0.3 is 17.9 Å². The van der Waals surface area contributed by atoms with Crippen molar-refractivity contribution in [3.05, 3.63) is 71.8 Å². The average Bonchev–Trinajstić information content (AvgIpc) is 3.55. The summed E-state index contributed by atoms with van der Waals surface area (Å²) in [5.41, 5.74) is -0.927. The summed E-state index contributed by atoms with van der Waals surface area (Å²) in [6, 6.07) is 18.0. The number of ether oxygens (including phenoxy) is 4. The summed E-state index contributed by atoms with van der Waals surface area (Å²) < 4.78 is 24.8. The van der Waals surface area contributed by atoms with E-state index in [4.69, 9.17) is 18.9 Å². The normalized spacial score (nSPS) is 37.9. The van der Waals surface area contributed by atoms with Crippen molar-refractivity contribution in [2.75, 3.05) is 13.2 Å². The molecule has 4 aliphatic rings. The molecule has 0 bridgehead atoms. The molecule has 7 nitrogen and oxygen atoms in total. The van der Waals surface area contributed by atoms with E-state index in [-0.39, 0.29) is 35.8 Å². The Bertz CT molecular complexity index is 1310. The Morgan fingerprint density at radius 3 is 2.17 bits per heavy atom. The first-order chi connectivity index (χ1) is 19.6. The third-order valence-electron chi connectivity index (χ3n) is 11.0. The van der Waals surface area contributed by atoms with Crippen LogP contribution in [-0.4, -0.2) is 48.4 Å². The zero-order valence-corrected chi connectivity index (χ0v) is 24.2. The predicted molar refractivity (Wildman–Crippen MR) is 151 cm³/mol. The quantitative estimate of drug-likeness (QED) is 0.320. The van der Waals surface area contributed by atoms with Gasteiger partial charge in [-0.2, -0.15) is 0 Å². The Labute approximate surface area is 241 Å². The van der Waals surface area contributed by atoms with Crippen LogP contribution in [0.5, 0.6) is 0 Å². The molecular weight excluding hydrogens is 520 g/mol. The van der Waals surface area contributed by atoms with Crippen molar-refractivity contribution in [2.24, 2.45) is 22.7 Å². The van der Waals surface area contributed by atoms with Crippen LogP contribution in [0.3, 0.4) is 0 Å². The zero-order chi connectivity index (χ0) is 28.9. The van der Waals surface area contributed by atoms with E-state index in [1.54, 1.807) is 24.3 Å². The molecule has 2 saturated carbocycles. The van der Waals surface area contributed by atoms with E-state index in [0.29, 0.717) is 36.5 Å². The first-order valence-electron chi connectivity index (χ1n) is 14.9. The third-order valence-corrected chi connectivity index (χ3v) is 11.0. The minimum Gasteiger partial charge on any atom is -0.463 e. The lowest BCUT2D eigenvalue weighted by Gasteiger charge is -2.65. The van der Waals surface area contributed by atoms with E-state index < -0.39 is 22.7 Å². The number of hydrogen-bond donors (Lipinski definition) is 0. The number of hydrogen-bond acceptors (Lipinski definition) is 7. The summed E-state index contributed by atoms with van der Waals surface area (Å²) in [5.74, 6) is -0.592. The topological polar surface area (TPSA) is 88.1 Å². The second-order valence-electron chi connectivity index (χ2n) is 13.2. The fraction of sp³-hybridized carbons (Fsp3) is 0.559. The van der Waals surface area contributed by atoms with Crippen LogP contribution in [-0.2, 0) is 23.7 Å². The molecule has 0 N–H and O–H groups in total. The molecule has 0 aromatic heterocycles. The SMILES string of the molecule is C[C@@H]1CCC2[C@](C)(COC(=O)c3ccccc3)[C@@H](OC(=O)c3ccccc3)CC[C@]2(C)[C@@]12CC[C@]1(COC(=O)C1)O2. The highest BCUT2D eigenvalue weighted by atomic mass is 16.6. The molecule has 41 heavy (non-hydrogen) atoms. The summed E-state index contributed by atoms with van der Waals surface area (Å²) >= 11 is 0. The molecule has 2 aliphatic carbocycles. The summed E-state index contributed by atoms with van der Waals surface area (Å²) in [6.45, 7) is 7.14. The minimum absolute atomic E-state index is 0.0604. The highest BCUT2D eigenvalue weighted by Gasteiger charge is 2.70. The second kappa shape index (κ2) is 10.3. The summed E-state index contributed by atoms with van der Waals surface area (Å²) in [4.78, 5) is 38.6. The molecule has 4 fully saturated rings. The molecule has 0 amide bonds. The van der Waals surface area contributed by atoms with Crippen LogP contribution in [0.1, 0.15) is 86.4 Å². The van der Waals surface area contributed by atoms with Crippen LogP contribution in [0.2, 0.25) is 0 Å². The van der Waals surface area contributed by atoms with Gasteiger partial charge in [-0.1, -0.05) is 57.2 Å². The van der Waals surface area contributed by atoms with Gasteiger partial charge in [0.25, 0.3) is 0 Å². The Morgan fingerprint density at radius 2 is 1.54 bits per heavy atom. The van der Waals surface area contributed by atoms with E-state index in [1.165, 1.54) is 0 Å². The Hall–Kier alpha value is -3.19. The number of cyclic esters (lactones) is 1. The molecule has 6 rings (SSSR count). The van der Waals surface area contributed by atoms with Crippen molar-refractivity contribution in [3.8, 4) is 0 Å². The standard InChI is InChI=1S/C34H40O7/c1-23-14-15-26-31(2,21-39-29(36)24-10-6-4-7-11-24)27(40-30(37)25-12-8-5-9-13-25)16-17-32(26,3)34(23)19-18-33(41-34)20-28(35)38-22-33/h4-13,23,26-27H,14-22H2,1-3H3/t23-,26?,27+,31+,32+,33+,34-/m1/s1. The Morgan fingerprint density at radius 1 is 0.878 bits per heavy atom. The van der Waals surface area contributed by atoms with Gasteiger partial charge in [0.15, 0.2) is 0 Å². The number of esters is 3. The van der Waals surface area contributed by atoms with Gasteiger partial charge in [0.2, 0.25) is 0 Å². The fourth-order valence-electron chi connectivity index (χ4n) is 8.75. The van der Waals surface area contributed by atoms with Crippen LogP contribution in [0, 0.1) is 22.7 Å². The number of benzene rings is 2. The fourth-order valence-corrected chi connectivity index (χ4v) is 8.75. The molecule has 2 aromatic rings. The van der Waals surface area contributed by atoms with Crippen molar-refractivity contribution in [3.63, 3.8) is 0 Å². The van der Waals surface area contributed by atoms with E-state index in [0.717, 1.165) is 32.1 Å². The van der Waals surface area contributed by atoms with E-state index >= 15 is 0 Å². The van der Waals surface area contributed by atoms with Gasteiger partial charge in [-0.25, -0.2) is 9.59 Å². The van der Waals surface area contributed by atoms with Crippen molar-refractivity contribution < 1.29 is 33.3 Å². The maximum Gasteiger partial charge on any atom is 0.338 e. The number of fused-ring (bicyclic) bond motifs is 2. The van der Waals surface area contributed by atoms with Gasteiger partial charge in [0.05, 0.1) is 23.1 Å². The molecule has 218 valence electrons. The predicted octanol–water partition coefficient (Wildman–Crippen LogP) is 6.16. The zero-order valence-electron chi connectivity index (χ0n) is 24.2. The number of carbonyl (C=O) groups excluding carboxylic acids is 3. The first-order valence-corrected chi connectivity index (χ1v) is 14.9. The molecule has 0 radical (unpaired) electrons. The van der Waals surface area contributed by atoms with E-state index in [2.05, 4.69) is 20.8 Å². The Balaban J connectivity index is 1.33. The van der Waals surface area contributed by atoms with Gasteiger partial charge in [0.1, 0.15) is 24.9 Å². The average molecular weight is 561 g/mol. The monoisotopic (exact) mass is 560 g/mol. The van der Waals surface area contributed by atoms with Gasteiger partial charge in [-0.3, -0.25) is 4.79 Å². The molecule has 2 heterocycles. The first kappa shape index (κ1) is 28.0. The molecule has 2 saturated heterocycles. The van der Waals surface area contributed by atoms with Gasteiger partial charge in [-0.05, 0) is 74.6 Å². The van der Waals surface area contributed by atoms with Crippen molar-refractivity contribution >= 4 is 17.9 Å². The molecule has 2 spiro atoms. The smallest absolute Gasteiger partial charge is 0.338 e. The largest absolute Gasteiger partial charge is 0.463 e. The van der Waals surface area contributed by atoms with Crippen molar-refractivity contribution in [1.82, 2.24) is 0 Å². The van der Waals surface area contributed by atoms with Crippen molar-refractivity contribution in [1.29, 1.82) is 0 Å². The second-order valence-corrected chi connectivity index (χ2v) is 13.2. The van der Waals surface area contributed by atoms with Gasteiger partial charge < -0.3 is 18.9 Å². The van der Waals surface area contributed by atoms with E-state index in [9.17, 15) is 14.4 Å². The number of carbonyl (C=O) groups is 3. The molecule has 2 aromatic carbocycles. The summed E-state index contributed by atoms with van der Waals surface area (Å²) in [7, 11) is 0. The molecule has 2 aliphatic heterocycles. The molecule has 1 unspecified atom stereocenters. The lowest BCUT2D eigenvalue weighted by molar-refractivity contribution is -0.265. The van der Waals surface area contributed by atoms with Gasteiger partial charge in [0, 0.05) is 10.8 Å². The highest BCUT2D eigenvalue weighted by Crippen LogP contribution is 2.68. The van der Waals surface area contributed by atoms with Crippen molar-refractivity contribution in [2.45, 2.75) is 83.0 Å².